The van der Waals surface area contributed by atoms with Gasteiger partial charge in [0, 0.05) is 0 Å². The van der Waals surface area contributed by atoms with E-state index in [4.69, 9.17) is 5.73 Å². The standard InChI is InChI=1S/C7H12N4O2S/c1-3-4(5(12)13-2)14-7-9-6(8)10-11-7/h4H,3H2,1-2H3,(H3,8,9,10,11). The molecular weight excluding hydrogens is 204 g/mol. The van der Waals surface area contributed by atoms with Crippen LogP contribution in [0.15, 0.2) is 5.16 Å². The zero-order valence-electron chi connectivity index (χ0n) is 7.98. The second kappa shape index (κ2) is 4.85. The Morgan fingerprint density at radius 2 is 2.50 bits per heavy atom. The number of esters is 1. The number of nitrogens with two attached hydrogens (primary N) is 1. The van der Waals surface area contributed by atoms with Gasteiger partial charge in [0.15, 0.2) is 0 Å². The smallest absolute Gasteiger partial charge is 0.319 e. The van der Waals surface area contributed by atoms with Gasteiger partial charge in [0.25, 0.3) is 0 Å². The van der Waals surface area contributed by atoms with Gasteiger partial charge in [0.2, 0.25) is 11.1 Å². The first kappa shape index (κ1) is 10.8. The summed E-state index contributed by atoms with van der Waals surface area (Å²) in [5.41, 5.74) is 5.35. The van der Waals surface area contributed by atoms with Gasteiger partial charge >= 0.3 is 5.97 Å². The summed E-state index contributed by atoms with van der Waals surface area (Å²) in [6.07, 6.45) is 0.659. The second-order valence-corrected chi connectivity index (χ2v) is 3.71. The number of aromatic nitrogens is 3. The third-order valence-electron chi connectivity index (χ3n) is 1.56. The Kier molecular flexibility index (Phi) is 3.75. The minimum absolute atomic E-state index is 0.243. The van der Waals surface area contributed by atoms with E-state index in [1.165, 1.54) is 18.9 Å². The van der Waals surface area contributed by atoms with Crippen molar-refractivity contribution in [2.45, 2.75) is 23.8 Å². The molecule has 0 bridgehead atoms. The van der Waals surface area contributed by atoms with Crippen LogP contribution in [0.2, 0.25) is 0 Å². The third kappa shape index (κ3) is 2.63. The van der Waals surface area contributed by atoms with Crippen molar-refractivity contribution in [2.75, 3.05) is 12.8 Å². The summed E-state index contributed by atoms with van der Waals surface area (Å²) in [4.78, 5) is 15.1. The molecule has 0 saturated heterocycles. The molecule has 0 aliphatic heterocycles. The molecule has 6 nitrogen and oxygen atoms in total. The second-order valence-electron chi connectivity index (χ2n) is 2.54. The molecule has 7 heteroatoms. The van der Waals surface area contributed by atoms with E-state index in [2.05, 4.69) is 19.9 Å². The average Bonchev–Trinajstić information content (AvgIpc) is 2.59. The quantitative estimate of drug-likeness (QED) is 0.560. The molecule has 0 fully saturated rings. The molecule has 1 heterocycles. The Balaban J connectivity index is 2.61. The molecule has 78 valence electrons. The molecule has 1 rings (SSSR count). The average molecular weight is 216 g/mol. The van der Waals surface area contributed by atoms with Crippen molar-refractivity contribution in [3.8, 4) is 0 Å². The normalized spacial score (nSPS) is 12.4. The number of H-pyrrole nitrogens is 1. The number of methoxy groups -OCH3 is 1. The van der Waals surface area contributed by atoms with Crippen LogP contribution in [-0.4, -0.2) is 33.5 Å². The third-order valence-corrected chi connectivity index (χ3v) is 2.77. The van der Waals surface area contributed by atoms with Crippen molar-refractivity contribution in [3.05, 3.63) is 0 Å². The predicted molar refractivity (Wildman–Crippen MR) is 52.7 cm³/mol. The van der Waals surface area contributed by atoms with Crippen LogP contribution >= 0.6 is 11.8 Å². The van der Waals surface area contributed by atoms with Crippen molar-refractivity contribution < 1.29 is 9.53 Å². The summed E-state index contributed by atoms with van der Waals surface area (Å²) in [6, 6.07) is 0. The zero-order valence-corrected chi connectivity index (χ0v) is 8.80. The Hall–Kier alpha value is -1.24. The highest BCUT2D eigenvalue weighted by atomic mass is 32.2. The van der Waals surface area contributed by atoms with Gasteiger partial charge in [-0.1, -0.05) is 18.7 Å². The van der Waals surface area contributed by atoms with Gasteiger partial charge in [-0.3, -0.25) is 4.79 Å². The summed E-state index contributed by atoms with van der Waals surface area (Å²) in [6.45, 7) is 1.89. The van der Waals surface area contributed by atoms with E-state index in [1.807, 2.05) is 6.92 Å². The number of rotatable bonds is 4. The number of ether oxygens (including phenoxy) is 1. The first-order valence-electron chi connectivity index (χ1n) is 4.09. The largest absolute Gasteiger partial charge is 0.468 e. The summed E-state index contributed by atoms with van der Waals surface area (Å²) < 4.78 is 4.63. The fraction of sp³-hybridized carbons (Fsp3) is 0.571. The van der Waals surface area contributed by atoms with Crippen molar-refractivity contribution in [1.29, 1.82) is 0 Å². The molecule has 0 aromatic carbocycles. The lowest BCUT2D eigenvalue weighted by atomic mass is 10.3. The highest BCUT2D eigenvalue weighted by Gasteiger charge is 2.20. The molecule has 1 aromatic heterocycles. The first-order chi connectivity index (χ1) is 6.67. The van der Waals surface area contributed by atoms with E-state index in [9.17, 15) is 4.79 Å². The highest BCUT2D eigenvalue weighted by Crippen LogP contribution is 2.22. The van der Waals surface area contributed by atoms with Crippen LogP contribution < -0.4 is 5.73 Å². The lowest BCUT2D eigenvalue weighted by Crippen LogP contribution is -2.17. The number of hydrogen-bond donors (Lipinski definition) is 2. The van der Waals surface area contributed by atoms with Gasteiger partial charge < -0.3 is 10.5 Å². The molecule has 1 atom stereocenters. The van der Waals surface area contributed by atoms with Gasteiger partial charge in [0.1, 0.15) is 5.25 Å². The van der Waals surface area contributed by atoms with E-state index in [1.54, 1.807) is 0 Å². The van der Waals surface area contributed by atoms with Crippen molar-refractivity contribution in [1.82, 2.24) is 15.2 Å². The monoisotopic (exact) mass is 216 g/mol. The zero-order chi connectivity index (χ0) is 10.6. The number of thioether (sulfide) groups is 1. The SMILES string of the molecule is CCC(Sc1n[nH]c(N)n1)C(=O)OC. The van der Waals surface area contributed by atoms with Crippen molar-refractivity contribution >= 4 is 23.7 Å². The Bertz CT molecular complexity index is 314. The number of nitrogens with one attached hydrogen (secondary N) is 1. The Labute approximate surface area is 85.6 Å². The highest BCUT2D eigenvalue weighted by molar-refractivity contribution is 8.00. The van der Waals surface area contributed by atoms with Gasteiger partial charge in [0.05, 0.1) is 7.11 Å². The maximum Gasteiger partial charge on any atom is 0.319 e. The van der Waals surface area contributed by atoms with E-state index >= 15 is 0 Å². The van der Waals surface area contributed by atoms with Gasteiger partial charge in [-0.2, -0.15) is 4.98 Å². The lowest BCUT2D eigenvalue weighted by molar-refractivity contribution is -0.140. The van der Waals surface area contributed by atoms with E-state index < -0.39 is 0 Å². The van der Waals surface area contributed by atoms with Gasteiger partial charge in [-0.15, -0.1) is 5.10 Å². The number of carbonyl (C=O) groups excluding carboxylic acids is 1. The van der Waals surface area contributed by atoms with Gasteiger partial charge in [-0.25, -0.2) is 5.10 Å². The van der Waals surface area contributed by atoms with Crippen LogP contribution in [0.4, 0.5) is 5.95 Å². The fourth-order valence-electron chi connectivity index (χ4n) is 0.868. The number of aromatic amines is 1. The van der Waals surface area contributed by atoms with E-state index in [-0.39, 0.29) is 17.2 Å². The molecule has 1 unspecified atom stereocenters. The molecule has 0 radical (unpaired) electrons. The Morgan fingerprint density at radius 3 is 2.93 bits per heavy atom. The van der Waals surface area contributed by atoms with Crippen LogP contribution in [-0.2, 0) is 9.53 Å². The summed E-state index contributed by atoms with van der Waals surface area (Å²) >= 11 is 1.23. The van der Waals surface area contributed by atoms with E-state index in [0.717, 1.165) is 0 Å². The Morgan fingerprint density at radius 1 is 1.79 bits per heavy atom. The maximum atomic E-state index is 11.2. The summed E-state index contributed by atoms with van der Waals surface area (Å²) in [5, 5.41) is 6.49. The first-order valence-corrected chi connectivity index (χ1v) is 4.97. The molecule has 0 amide bonds. The van der Waals surface area contributed by atoms with Crippen LogP contribution in [0.25, 0.3) is 0 Å². The minimum atomic E-state index is -0.282. The maximum absolute atomic E-state index is 11.2. The summed E-state index contributed by atoms with van der Waals surface area (Å²) in [7, 11) is 1.36. The molecule has 1 aromatic rings. The summed E-state index contributed by atoms with van der Waals surface area (Å²) in [5.74, 6) is -0.0342. The predicted octanol–water partition coefficient (Wildman–Crippen LogP) is 0.431. The van der Waals surface area contributed by atoms with Crippen LogP contribution in [0, 0.1) is 0 Å². The van der Waals surface area contributed by atoms with Crippen molar-refractivity contribution in [3.63, 3.8) is 0 Å². The topological polar surface area (TPSA) is 93.9 Å². The molecule has 14 heavy (non-hydrogen) atoms. The lowest BCUT2D eigenvalue weighted by Gasteiger charge is -2.08. The fourth-order valence-corrected chi connectivity index (χ4v) is 1.73. The molecule has 0 aliphatic rings. The molecule has 3 N–H and O–H groups in total. The van der Waals surface area contributed by atoms with Crippen LogP contribution in [0.5, 0.6) is 0 Å². The van der Waals surface area contributed by atoms with Gasteiger partial charge in [-0.05, 0) is 6.42 Å². The number of nitrogens with zero attached hydrogens (tertiary/aromatic N) is 2. The van der Waals surface area contributed by atoms with Crippen molar-refractivity contribution in [2.24, 2.45) is 0 Å². The molecule has 0 aliphatic carbocycles. The van der Waals surface area contributed by atoms with Crippen LogP contribution in [0.3, 0.4) is 0 Å². The van der Waals surface area contributed by atoms with Crippen LogP contribution in [0.1, 0.15) is 13.3 Å². The number of hydrogen-bond acceptors (Lipinski definition) is 6. The molecule has 0 saturated carbocycles. The molecular formula is C7H12N4O2S. The minimum Gasteiger partial charge on any atom is -0.468 e. The number of nitrogen functional groups attached to an aromatic ring is 1. The van der Waals surface area contributed by atoms with E-state index in [0.29, 0.717) is 11.6 Å². The number of carbonyl (C=O) groups is 1. The molecule has 0 spiro atoms. The number of anilines is 1.